The van der Waals surface area contributed by atoms with E-state index >= 15 is 0 Å². The van der Waals surface area contributed by atoms with Crippen LogP contribution in [-0.4, -0.2) is 44.2 Å². The zero-order valence-electron chi connectivity index (χ0n) is 13.1. The minimum atomic E-state index is 0.593. The van der Waals surface area contributed by atoms with Crippen LogP contribution in [0.25, 0.3) is 0 Å². The number of nitrogens with one attached hydrogen (secondary N) is 1. The lowest BCUT2D eigenvalue weighted by Crippen LogP contribution is -2.45. The normalized spacial score (nSPS) is 23.3. The van der Waals surface area contributed by atoms with Crippen LogP contribution in [0.5, 0.6) is 0 Å². The van der Waals surface area contributed by atoms with Crippen molar-refractivity contribution in [2.45, 2.75) is 44.3 Å². The number of rotatable bonds is 5. The summed E-state index contributed by atoms with van der Waals surface area (Å²) in [5.41, 5.74) is 2.44. The summed E-state index contributed by atoms with van der Waals surface area (Å²) >= 11 is 6.47. The summed E-state index contributed by atoms with van der Waals surface area (Å²) in [5, 5.41) is 4.41. The molecule has 1 unspecified atom stereocenters. The van der Waals surface area contributed by atoms with Crippen LogP contribution >= 0.6 is 11.6 Å². The van der Waals surface area contributed by atoms with Crippen molar-refractivity contribution in [2.75, 3.05) is 32.1 Å². The van der Waals surface area contributed by atoms with Crippen LogP contribution in [-0.2, 0) is 6.54 Å². The zero-order valence-corrected chi connectivity index (χ0v) is 13.9. The molecule has 0 amide bonds. The number of anilines is 1. The summed E-state index contributed by atoms with van der Waals surface area (Å²) < 4.78 is 0. The first-order valence-corrected chi connectivity index (χ1v) is 8.44. The smallest absolute Gasteiger partial charge is 0.0471 e. The molecule has 1 heterocycles. The van der Waals surface area contributed by atoms with Gasteiger partial charge in [-0.15, -0.1) is 0 Å². The summed E-state index contributed by atoms with van der Waals surface area (Å²) in [4.78, 5) is 4.81. The standard InChI is InChI=1S/C17H26ClN3/c1-20-9-3-4-16(12-20)21(2)15-8-5-13(17(18)10-15)11-19-14-6-7-14/h5,8,10,14,16,19H,3-4,6-7,9,11-12H2,1-2H3. The van der Waals surface area contributed by atoms with E-state index in [2.05, 4.69) is 47.4 Å². The van der Waals surface area contributed by atoms with Crippen LogP contribution in [0, 0.1) is 0 Å². The van der Waals surface area contributed by atoms with Crippen LogP contribution in [0.1, 0.15) is 31.2 Å². The van der Waals surface area contributed by atoms with Gasteiger partial charge in [0.2, 0.25) is 0 Å². The SMILES string of the molecule is CN1CCCC(N(C)c2ccc(CNC3CC3)c(Cl)c2)C1. The van der Waals surface area contributed by atoms with Gasteiger partial charge in [-0.3, -0.25) is 0 Å². The highest BCUT2D eigenvalue weighted by molar-refractivity contribution is 6.31. The van der Waals surface area contributed by atoms with Gasteiger partial charge in [-0.2, -0.15) is 0 Å². The van der Waals surface area contributed by atoms with Crippen molar-refractivity contribution in [3.63, 3.8) is 0 Å². The van der Waals surface area contributed by atoms with E-state index in [-0.39, 0.29) is 0 Å². The van der Waals surface area contributed by atoms with Gasteiger partial charge in [0.05, 0.1) is 0 Å². The molecule has 1 saturated carbocycles. The molecule has 0 aromatic heterocycles. The van der Waals surface area contributed by atoms with Gasteiger partial charge in [0.1, 0.15) is 0 Å². The number of benzene rings is 1. The first-order valence-electron chi connectivity index (χ1n) is 8.06. The third-order valence-electron chi connectivity index (χ3n) is 4.75. The summed E-state index contributed by atoms with van der Waals surface area (Å²) in [5.74, 6) is 0. The Morgan fingerprint density at radius 3 is 2.81 bits per heavy atom. The van der Waals surface area contributed by atoms with Gasteiger partial charge < -0.3 is 15.1 Å². The molecule has 2 fully saturated rings. The predicted octanol–water partition coefficient (Wildman–Crippen LogP) is 3.12. The lowest BCUT2D eigenvalue weighted by molar-refractivity contribution is 0.248. The summed E-state index contributed by atoms with van der Waals surface area (Å²) in [7, 11) is 4.40. The molecule has 1 aliphatic heterocycles. The van der Waals surface area contributed by atoms with E-state index in [1.807, 2.05) is 0 Å². The van der Waals surface area contributed by atoms with E-state index in [1.54, 1.807) is 0 Å². The fraction of sp³-hybridized carbons (Fsp3) is 0.647. The van der Waals surface area contributed by atoms with Gasteiger partial charge >= 0.3 is 0 Å². The fourth-order valence-corrected chi connectivity index (χ4v) is 3.35. The van der Waals surface area contributed by atoms with Crippen molar-refractivity contribution < 1.29 is 0 Å². The van der Waals surface area contributed by atoms with Crippen molar-refractivity contribution in [1.29, 1.82) is 0 Å². The molecule has 0 radical (unpaired) electrons. The Labute approximate surface area is 133 Å². The van der Waals surface area contributed by atoms with Gasteiger partial charge in [-0.25, -0.2) is 0 Å². The highest BCUT2D eigenvalue weighted by Crippen LogP contribution is 2.27. The number of piperidine rings is 1. The van der Waals surface area contributed by atoms with E-state index in [1.165, 1.54) is 43.5 Å². The van der Waals surface area contributed by atoms with Crippen molar-refractivity contribution in [3.05, 3.63) is 28.8 Å². The quantitative estimate of drug-likeness (QED) is 0.901. The highest BCUT2D eigenvalue weighted by Gasteiger charge is 2.22. The lowest BCUT2D eigenvalue weighted by Gasteiger charge is -2.37. The number of hydrogen-bond donors (Lipinski definition) is 1. The van der Waals surface area contributed by atoms with Gasteiger partial charge in [0, 0.05) is 42.9 Å². The molecule has 1 saturated heterocycles. The van der Waals surface area contributed by atoms with Crippen LogP contribution in [0.3, 0.4) is 0 Å². The maximum atomic E-state index is 6.47. The average Bonchev–Trinajstić information content (AvgIpc) is 3.29. The van der Waals surface area contributed by atoms with E-state index in [9.17, 15) is 0 Å². The van der Waals surface area contributed by atoms with Gasteiger partial charge in [-0.1, -0.05) is 17.7 Å². The molecule has 21 heavy (non-hydrogen) atoms. The molecule has 1 aromatic carbocycles. The second kappa shape index (κ2) is 6.55. The van der Waals surface area contributed by atoms with Crippen LogP contribution in [0.2, 0.25) is 5.02 Å². The summed E-state index contributed by atoms with van der Waals surface area (Å²) in [6, 6.07) is 7.83. The number of hydrogen-bond acceptors (Lipinski definition) is 3. The fourth-order valence-electron chi connectivity index (χ4n) is 3.11. The van der Waals surface area contributed by atoms with Crippen molar-refractivity contribution >= 4 is 17.3 Å². The predicted molar refractivity (Wildman–Crippen MR) is 90.2 cm³/mol. The Morgan fingerprint density at radius 2 is 2.14 bits per heavy atom. The van der Waals surface area contributed by atoms with Gasteiger partial charge in [0.25, 0.3) is 0 Å². The van der Waals surface area contributed by atoms with Crippen LogP contribution < -0.4 is 10.2 Å². The monoisotopic (exact) mass is 307 g/mol. The molecule has 3 nitrogen and oxygen atoms in total. The maximum Gasteiger partial charge on any atom is 0.0471 e. The Morgan fingerprint density at radius 1 is 1.33 bits per heavy atom. The molecule has 0 spiro atoms. The largest absolute Gasteiger partial charge is 0.370 e. The number of nitrogens with zero attached hydrogens (tertiary/aromatic N) is 2. The minimum Gasteiger partial charge on any atom is -0.370 e. The molecule has 1 aliphatic carbocycles. The molecular weight excluding hydrogens is 282 g/mol. The molecule has 1 atom stereocenters. The van der Waals surface area contributed by atoms with E-state index in [0.717, 1.165) is 24.2 Å². The highest BCUT2D eigenvalue weighted by atomic mass is 35.5. The van der Waals surface area contributed by atoms with Gasteiger partial charge in [0.15, 0.2) is 0 Å². The lowest BCUT2D eigenvalue weighted by atomic mass is 10.0. The van der Waals surface area contributed by atoms with Crippen molar-refractivity contribution in [3.8, 4) is 0 Å². The van der Waals surface area contributed by atoms with Crippen LogP contribution in [0.4, 0.5) is 5.69 Å². The number of likely N-dealkylation sites (N-methyl/N-ethyl adjacent to an activating group) is 2. The molecule has 1 N–H and O–H groups in total. The first-order chi connectivity index (χ1) is 10.1. The molecule has 4 heteroatoms. The maximum absolute atomic E-state index is 6.47. The minimum absolute atomic E-state index is 0.593. The molecule has 3 rings (SSSR count). The van der Waals surface area contributed by atoms with Gasteiger partial charge in [-0.05, 0) is 57.0 Å². The topological polar surface area (TPSA) is 18.5 Å². The van der Waals surface area contributed by atoms with Crippen LogP contribution in [0.15, 0.2) is 18.2 Å². The van der Waals surface area contributed by atoms with E-state index in [0.29, 0.717) is 6.04 Å². The molecule has 0 bridgehead atoms. The van der Waals surface area contributed by atoms with E-state index in [4.69, 9.17) is 11.6 Å². The second-order valence-corrected chi connectivity index (χ2v) is 7.01. The Bertz CT molecular complexity index is 487. The summed E-state index contributed by atoms with van der Waals surface area (Å²) in [6.45, 7) is 3.25. The molecular formula is C17H26ClN3. The summed E-state index contributed by atoms with van der Waals surface area (Å²) in [6.07, 6.45) is 5.17. The Kier molecular flexibility index (Phi) is 4.72. The molecule has 116 valence electrons. The molecule has 1 aromatic rings. The second-order valence-electron chi connectivity index (χ2n) is 6.60. The Hall–Kier alpha value is -0.770. The molecule has 2 aliphatic rings. The van der Waals surface area contributed by atoms with Crippen molar-refractivity contribution in [1.82, 2.24) is 10.2 Å². The third-order valence-corrected chi connectivity index (χ3v) is 5.10. The average molecular weight is 308 g/mol. The first kappa shape index (κ1) is 15.1. The van der Waals surface area contributed by atoms with E-state index < -0.39 is 0 Å². The third kappa shape index (κ3) is 3.91. The Balaban J connectivity index is 1.65. The zero-order chi connectivity index (χ0) is 14.8. The van der Waals surface area contributed by atoms with Crippen molar-refractivity contribution in [2.24, 2.45) is 0 Å². The number of likely N-dealkylation sites (tertiary alicyclic amines) is 1. The number of halogens is 1.